The van der Waals surface area contributed by atoms with Crippen LogP contribution < -0.4 is 10.1 Å². The highest BCUT2D eigenvalue weighted by Gasteiger charge is 2.31. The second-order valence-electron chi connectivity index (χ2n) is 4.52. The third-order valence-electron chi connectivity index (χ3n) is 3.16. The van der Waals surface area contributed by atoms with Crippen LogP contribution >= 0.6 is 24.8 Å². The van der Waals surface area contributed by atoms with Crippen molar-refractivity contribution in [3.8, 4) is 5.88 Å². The van der Waals surface area contributed by atoms with Gasteiger partial charge in [-0.3, -0.25) is 0 Å². The minimum atomic E-state index is -0.721. The van der Waals surface area contributed by atoms with Gasteiger partial charge in [0.25, 0.3) is 0 Å². The Hall–Kier alpha value is -0.550. The number of nitrogens with zero attached hydrogens (tertiary/aromatic N) is 1. The van der Waals surface area contributed by atoms with Crippen LogP contribution in [0.5, 0.6) is 5.88 Å². The van der Waals surface area contributed by atoms with E-state index in [1.165, 1.54) is 0 Å². The molecule has 2 heterocycles. The Morgan fingerprint density at radius 3 is 2.53 bits per heavy atom. The van der Waals surface area contributed by atoms with Crippen LogP contribution in [0, 0.1) is 0 Å². The Labute approximate surface area is 126 Å². The third-order valence-corrected chi connectivity index (χ3v) is 3.16. The zero-order valence-corrected chi connectivity index (χ0v) is 12.7. The molecule has 6 heteroatoms. The number of aliphatic hydroxyl groups is 1. The molecular formula is C13H22Cl2N2O2. The van der Waals surface area contributed by atoms with Crippen LogP contribution in [0.4, 0.5) is 0 Å². The molecule has 0 radical (unpaired) electrons. The molecule has 1 aromatic heterocycles. The van der Waals surface area contributed by atoms with Crippen LogP contribution in [-0.2, 0) is 5.60 Å². The molecule has 0 bridgehead atoms. The molecule has 0 spiro atoms. The second kappa shape index (κ2) is 8.59. The molecule has 1 aliphatic heterocycles. The summed E-state index contributed by atoms with van der Waals surface area (Å²) in [7, 11) is 0. The fraction of sp³-hybridized carbons (Fsp3) is 0.615. The van der Waals surface area contributed by atoms with Gasteiger partial charge >= 0.3 is 0 Å². The summed E-state index contributed by atoms with van der Waals surface area (Å²) in [4.78, 5) is 4.23. The van der Waals surface area contributed by atoms with Gasteiger partial charge in [0.15, 0.2) is 0 Å². The molecular weight excluding hydrogens is 287 g/mol. The molecule has 0 aromatic carbocycles. The standard InChI is InChI=1S/C13H20N2O2.2ClH/c1-2-9-17-12-4-3-11(10-15-12)13(16)5-7-14-8-6-13;;/h3-4,10,14,16H,2,5-9H2,1H3;2*1H. The lowest BCUT2D eigenvalue weighted by atomic mass is 9.86. The van der Waals surface area contributed by atoms with E-state index < -0.39 is 5.60 Å². The molecule has 19 heavy (non-hydrogen) atoms. The molecule has 4 nitrogen and oxygen atoms in total. The van der Waals surface area contributed by atoms with Gasteiger partial charge in [-0.25, -0.2) is 4.98 Å². The Morgan fingerprint density at radius 2 is 2.00 bits per heavy atom. The smallest absolute Gasteiger partial charge is 0.213 e. The van der Waals surface area contributed by atoms with E-state index in [1.807, 2.05) is 12.1 Å². The largest absolute Gasteiger partial charge is 0.478 e. The van der Waals surface area contributed by atoms with Gasteiger partial charge in [-0.1, -0.05) is 6.92 Å². The fourth-order valence-electron chi connectivity index (χ4n) is 2.08. The molecule has 0 aliphatic carbocycles. The average Bonchev–Trinajstić information content (AvgIpc) is 2.38. The van der Waals surface area contributed by atoms with Crippen LogP contribution in [-0.4, -0.2) is 29.8 Å². The number of ether oxygens (including phenoxy) is 1. The van der Waals surface area contributed by atoms with Crippen LogP contribution in [0.1, 0.15) is 31.7 Å². The SMILES string of the molecule is CCCOc1ccc(C2(O)CCNCC2)cn1.Cl.Cl. The summed E-state index contributed by atoms with van der Waals surface area (Å²) in [6, 6.07) is 3.76. The monoisotopic (exact) mass is 308 g/mol. The van der Waals surface area contributed by atoms with E-state index in [0.717, 1.165) is 37.9 Å². The highest BCUT2D eigenvalue weighted by Crippen LogP contribution is 2.30. The number of nitrogens with one attached hydrogen (secondary N) is 1. The van der Waals surface area contributed by atoms with Gasteiger partial charge in [0.2, 0.25) is 5.88 Å². The number of hydrogen-bond donors (Lipinski definition) is 2. The van der Waals surface area contributed by atoms with E-state index in [1.54, 1.807) is 6.20 Å². The second-order valence-corrected chi connectivity index (χ2v) is 4.52. The Morgan fingerprint density at radius 1 is 1.32 bits per heavy atom. The summed E-state index contributed by atoms with van der Waals surface area (Å²) in [6.07, 6.45) is 4.18. The minimum absolute atomic E-state index is 0. The number of aromatic nitrogens is 1. The van der Waals surface area contributed by atoms with Gasteiger partial charge in [0.05, 0.1) is 12.2 Å². The normalized spacial score (nSPS) is 16.9. The van der Waals surface area contributed by atoms with E-state index in [4.69, 9.17) is 4.74 Å². The molecule has 2 N–H and O–H groups in total. The summed E-state index contributed by atoms with van der Waals surface area (Å²) < 4.78 is 5.43. The van der Waals surface area contributed by atoms with Crippen molar-refractivity contribution in [2.45, 2.75) is 31.8 Å². The summed E-state index contributed by atoms with van der Waals surface area (Å²) in [5.41, 5.74) is 0.171. The lowest BCUT2D eigenvalue weighted by molar-refractivity contribution is 0.00556. The van der Waals surface area contributed by atoms with Crippen molar-refractivity contribution in [1.82, 2.24) is 10.3 Å². The van der Waals surface area contributed by atoms with Crippen molar-refractivity contribution in [1.29, 1.82) is 0 Å². The molecule has 0 unspecified atom stereocenters. The lowest BCUT2D eigenvalue weighted by Crippen LogP contribution is -2.39. The first-order chi connectivity index (χ1) is 8.24. The number of hydrogen-bond acceptors (Lipinski definition) is 4. The zero-order chi connectivity index (χ0) is 12.1. The molecule has 1 aliphatic rings. The number of rotatable bonds is 4. The van der Waals surface area contributed by atoms with Crippen molar-refractivity contribution >= 4 is 24.8 Å². The number of pyridine rings is 1. The molecule has 0 atom stereocenters. The van der Waals surface area contributed by atoms with Crippen LogP contribution in [0.3, 0.4) is 0 Å². The van der Waals surface area contributed by atoms with Gasteiger partial charge < -0.3 is 15.2 Å². The molecule has 1 fully saturated rings. The predicted molar refractivity (Wildman–Crippen MR) is 80.5 cm³/mol. The molecule has 0 saturated carbocycles. The van der Waals surface area contributed by atoms with Crippen molar-refractivity contribution < 1.29 is 9.84 Å². The van der Waals surface area contributed by atoms with Gasteiger partial charge in [-0.2, -0.15) is 0 Å². The first-order valence-corrected chi connectivity index (χ1v) is 6.27. The van der Waals surface area contributed by atoms with E-state index in [9.17, 15) is 5.11 Å². The number of piperidine rings is 1. The maximum absolute atomic E-state index is 10.5. The van der Waals surface area contributed by atoms with Crippen LogP contribution in [0.25, 0.3) is 0 Å². The maximum Gasteiger partial charge on any atom is 0.213 e. The lowest BCUT2D eigenvalue weighted by Gasteiger charge is -2.32. The van der Waals surface area contributed by atoms with E-state index in [-0.39, 0.29) is 24.8 Å². The van der Waals surface area contributed by atoms with Gasteiger partial charge in [0.1, 0.15) is 0 Å². The summed E-state index contributed by atoms with van der Waals surface area (Å²) in [5.74, 6) is 0.633. The highest BCUT2D eigenvalue weighted by molar-refractivity contribution is 5.85. The third kappa shape index (κ3) is 4.80. The van der Waals surface area contributed by atoms with Crippen molar-refractivity contribution in [3.63, 3.8) is 0 Å². The van der Waals surface area contributed by atoms with Gasteiger partial charge in [-0.05, 0) is 38.4 Å². The molecule has 2 rings (SSSR count). The number of halogens is 2. The predicted octanol–water partition coefficient (Wildman–Crippen LogP) is 2.29. The minimum Gasteiger partial charge on any atom is -0.478 e. The molecule has 1 aromatic rings. The Bertz CT molecular complexity index is 354. The molecule has 0 amide bonds. The zero-order valence-electron chi connectivity index (χ0n) is 11.1. The van der Waals surface area contributed by atoms with Crippen LogP contribution in [0.2, 0.25) is 0 Å². The Balaban J connectivity index is 0.00000162. The Kier molecular flexibility index (Phi) is 8.34. The summed E-state index contributed by atoms with van der Waals surface area (Å²) in [5, 5.41) is 13.7. The average molecular weight is 309 g/mol. The van der Waals surface area contributed by atoms with E-state index in [0.29, 0.717) is 12.5 Å². The summed E-state index contributed by atoms with van der Waals surface area (Å²) >= 11 is 0. The fourth-order valence-corrected chi connectivity index (χ4v) is 2.08. The first-order valence-electron chi connectivity index (χ1n) is 6.27. The van der Waals surface area contributed by atoms with Gasteiger partial charge in [-0.15, -0.1) is 24.8 Å². The van der Waals surface area contributed by atoms with E-state index >= 15 is 0 Å². The summed E-state index contributed by atoms with van der Waals surface area (Å²) in [6.45, 7) is 4.45. The maximum atomic E-state index is 10.5. The van der Waals surface area contributed by atoms with Crippen molar-refractivity contribution in [2.75, 3.05) is 19.7 Å². The van der Waals surface area contributed by atoms with Crippen molar-refractivity contribution in [2.24, 2.45) is 0 Å². The molecule has 1 saturated heterocycles. The topological polar surface area (TPSA) is 54.4 Å². The van der Waals surface area contributed by atoms with Crippen LogP contribution in [0.15, 0.2) is 18.3 Å². The van der Waals surface area contributed by atoms with Crippen molar-refractivity contribution in [3.05, 3.63) is 23.9 Å². The van der Waals surface area contributed by atoms with E-state index in [2.05, 4.69) is 17.2 Å². The molecule has 110 valence electrons. The first kappa shape index (κ1) is 18.4. The van der Waals surface area contributed by atoms with Gasteiger partial charge in [0, 0.05) is 17.8 Å². The highest BCUT2D eigenvalue weighted by atomic mass is 35.5. The quantitative estimate of drug-likeness (QED) is 0.896.